The van der Waals surface area contributed by atoms with Gasteiger partial charge in [0.05, 0.1) is 12.4 Å². The Hall–Kier alpha value is -2.14. The lowest BCUT2D eigenvalue weighted by molar-refractivity contribution is 0.102. The van der Waals surface area contributed by atoms with E-state index in [4.69, 9.17) is 11.6 Å². The molecule has 0 aliphatic heterocycles. The van der Waals surface area contributed by atoms with Crippen molar-refractivity contribution in [1.29, 1.82) is 0 Å². The molecule has 0 radical (unpaired) electrons. The van der Waals surface area contributed by atoms with Crippen molar-refractivity contribution in [3.05, 3.63) is 46.9 Å². The third kappa shape index (κ3) is 4.92. The van der Waals surface area contributed by atoms with Gasteiger partial charge >= 0.3 is 0 Å². The van der Waals surface area contributed by atoms with Gasteiger partial charge in [0.2, 0.25) is 0 Å². The second-order valence-electron chi connectivity index (χ2n) is 6.53. The average molecular weight is 359 g/mol. The Morgan fingerprint density at radius 1 is 1.12 bits per heavy atom. The summed E-state index contributed by atoms with van der Waals surface area (Å²) >= 11 is 5.98. The number of halogens is 1. The summed E-state index contributed by atoms with van der Waals surface area (Å²) in [5.41, 5.74) is 1.91. The Kier molecular flexibility index (Phi) is 5.87. The topological polar surface area (TPSA) is 66.9 Å². The fraction of sp³-hybridized carbons (Fsp3) is 0.421. The van der Waals surface area contributed by atoms with Crippen molar-refractivity contribution in [2.45, 2.75) is 51.5 Å². The molecule has 1 amide bonds. The van der Waals surface area contributed by atoms with E-state index in [2.05, 4.69) is 20.6 Å². The predicted molar refractivity (Wildman–Crippen MR) is 101 cm³/mol. The minimum atomic E-state index is -0.293. The molecule has 3 rings (SSSR count). The zero-order chi connectivity index (χ0) is 17.6. The molecule has 1 aliphatic rings. The summed E-state index contributed by atoms with van der Waals surface area (Å²) in [5, 5.41) is 6.84. The van der Waals surface area contributed by atoms with E-state index in [9.17, 15) is 4.79 Å². The molecule has 2 aromatic rings. The molecular weight excluding hydrogens is 336 g/mol. The molecule has 6 heteroatoms. The molecule has 1 fully saturated rings. The van der Waals surface area contributed by atoms with Gasteiger partial charge in [0.15, 0.2) is 0 Å². The minimum absolute atomic E-state index is 0.283. The molecule has 25 heavy (non-hydrogen) atoms. The van der Waals surface area contributed by atoms with Gasteiger partial charge in [-0.1, -0.05) is 43.4 Å². The first-order valence-corrected chi connectivity index (χ1v) is 9.16. The van der Waals surface area contributed by atoms with Crippen LogP contribution < -0.4 is 10.6 Å². The highest BCUT2D eigenvalue weighted by atomic mass is 35.5. The summed E-state index contributed by atoms with van der Waals surface area (Å²) in [5.74, 6) is 0.432. The van der Waals surface area contributed by atoms with Crippen LogP contribution in [0.5, 0.6) is 0 Å². The molecule has 0 spiro atoms. The van der Waals surface area contributed by atoms with E-state index in [1.54, 1.807) is 18.3 Å². The standard InChI is InChI=1S/C19H23ClN4O/c1-13-8-9-14(20)10-16(13)24-19(25)17-11-22-18(12-21-17)23-15-6-4-2-3-5-7-15/h8-12,15H,2-7H2,1H3,(H,22,23)(H,24,25). The first-order chi connectivity index (χ1) is 12.1. The number of carbonyl (C=O) groups excluding carboxylic acids is 1. The van der Waals surface area contributed by atoms with E-state index in [0.29, 0.717) is 16.8 Å². The molecule has 5 nitrogen and oxygen atoms in total. The van der Waals surface area contributed by atoms with Crippen LogP contribution in [-0.2, 0) is 0 Å². The maximum absolute atomic E-state index is 12.3. The summed E-state index contributed by atoms with van der Waals surface area (Å²) in [6.07, 6.45) is 10.6. The van der Waals surface area contributed by atoms with Crippen LogP contribution in [0.2, 0.25) is 5.02 Å². The van der Waals surface area contributed by atoms with E-state index < -0.39 is 0 Å². The molecular formula is C19H23ClN4O. The van der Waals surface area contributed by atoms with Gasteiger partial charge in [-0.15, -0.1) is 0 Å². The third-order valence-corrected chi connectivity index (χ3v) is 4.77. The summed E-state index contributed by atoms with van der Waals surface area (Å²) in [7, 11) is 0. The maximum atomic E-state index is 12.3. The van der Waals surface area contributed by atoms with Gasteiger partial charge in [0.25, 0.3) is 5.91 Å². The van der Waals surface area contributed by atoms with Crippen molar-refractivity contribution in [1.82, 2.24) is 9.97 Å². The number of amides is 1. The number of benzene rings is 1. The third-order valence-electron chi connectivity index (χ3n) is 4.54. The number of hydrogen-bond acceptors (Lipinski definition) is 4. The lowest BCUT2D eigenvalue weighted by Crippen LogP contribution is -2.20. The summed E-state index contributed by atoms with van der Waals surface area (Å²) in [4.78, 5) is 20.9. The zero-order valence-electron chi connectivity index (χ0n) is 14.4. The normalized spacial score (nSPS) is 15.4. The average Bonchev–Trinajstić information content (AvgIpc) is 2.87. The van der Waals surface area contributed by atoms with Crippen LogP contribution in [0.3, 0.4) is 0 Å². The Morgan fingerprint density at radius 2 is 1.88 bits per heavy atom. The van der Waals surface area contributed by atoms with Crippen molar-refractivity contribution < 1.29 is 4.79 Å². The van der Waals surface area contributed by atoms with Gasteiger partial charge in [0, 0.05) is 16.8 Å². The highest BCUT2D eigenvalue weighted by Gasteiger charge is 2.14. The molecule has 1 aliphatic carbocycles. The van der Waals surface area contributed by atoms with Crippen molar-refractivity contribution in [3.63, 3.8) is 0 Å². The van der Waals surface area contributed by atoms with E-state index in [1.165, 1.54) is 31.9 Å². The van der Waals surface area contributed by atoms with Gasteiger partial charge < -0.3 is 10.6 Å². The van der Waals surface area contributed by atoms with Crippen LogP contribution in [0.25, 0.3) is 0 Å². The lowest BCUT2D eigenvalue weighted by Gasteiger charge is -2.16. The number of hydrogen-bond donors (Lipinski definition) is 2. The van der Waals surface area contributed by atoms with Crippen molar-refractivity contribution in [3.8, 4) is 0 Å². The fourth-order valence-electron chi connectivity index (χ4n) is 3.07. The molecule has 132 valence electrons. The number of anilines is 2. The molecule has 1 aromatic heterocycles. The maximum Gasteiger partial charge on any atom is 0.275 e. The Morgan fingerprint density at radius 3 is 2.56 bits per heavy atom. The molecule has 1 saturated carbocycles. The van der Waals surface area contributed by atoms with Crippen LogP contribution in [-0.4, -0.2) is 21.9 Å². The number of nitrogens with zero attached hydrogens (tertiary/aromatic N) is 2. The molecule has 1 aromatic carbocycles. The number of aryl methyl sites for hydroxylation is 1. The first kappa shape index (κ1) is 17.7. The number of aromatic nitrogens is 2. The van der Waals surface area contributed by atoms with Gasteiger partial charge in [-0.25, -0.2) is 9.97 Å². The Balaban J connectivity index is 1.63. The van der Waals surface area contributed by atoms with Crippen molar-refractivity contribution >= 4 is 29.0 Å². The number of carbonyl (C=O) groups is 1. The monoisotopic (exact) mass is 358 g/mol. The van der Waals surface area contributed by atoms with Crippen LogP contribution in [0, 0.1) is 6.92 Å². The Labute approximate surface area is 153 Å². The smallest absolute Gasteiger partial charge is 0.275 e. The highest BCUT2D eigenvalue weighted by molar-refractivity contribution is 6.31. The number of rotatable bonds is 4. The molecule has 0 bridgehead atoms. The van der Waals surface area contributed by atoms with Gasteiger partial charge in [-0.05, 0) is 37.5 Å². The van der Waals surface area contributed by atoms with Crippen molar-refractivity contribution in [2.75, 3.05) is 10.6 Å². The van der Waals surface area contributed by atoms with Crippen LogP contribution >= 0.6 is 11.6 Å². The molecule has 0 unspecified atom stereocenters. The zero-order valence-corrected chi connectivity index (χ0v) is 15.1. The van der Waals surface area contributed by atoms with Gasteiger partial charge in [-0.2, -0.15) is 0 Å². The van der Waals surface area contributed by atoms with E-state index in [0.717, 1.165) is 24.2 Å². The van der Waals surface area contributed by atoms with Crippen LogP contribution in [0.15, 0.2) is 30.6 Å². The molecule has 2 N–H and O–H groups in total. The molecule has 0 saturated heterocycles. The minimum Gasteiger partial charge on any atom is -0.366 e. The molecule has 0 atom stereocenters. The fourth-order valence-corrected chi connectivity index (χ4v) is 3.24. The quantitative estimate of drug-likeness (QED) is 0.768. The van der Waals surface area contributed by atoms with Gasteiger partial charge in [-0.3, -0.25) is 4.79 Å². The summed E-state index contributed by atoms with van der Waals surface area (Å²) in [6, 6.07) is 5.83. The van der Waals surface area contributed by atoms with Crippen LogP contribution in [0.4, 0.5) is 11.5 Å². The SMILES string of the molecule is Cc1ccc(Cl)cc1NC(=O)c1cnc(NC2CCCCCC2)cn1. The second-order valence-corrected chi connectivity index (χ2v) is 6.97. The largest absolute Gasteiger partial charge is 0.366 e. The first-order valence-electron chi connectivity index (χ1n) is 8.78. The van der Waals surface area contributed by atoms with E-state index in [-0.39, 0.29) is 11.6 Å². The van der Waals surface area contributed by atoms with Crippen molar-refractivity contribution in [2.24, 2.45) is 0 Å². The Bertz CT molecular complexity index is 725. The summed E-state index contributed by atoms with van der Waals surface area (Å²) < 4.78 is 0. The van der Waals surface area contributed by atoms with E-state index >= 15 is 0 Å². The van der Waals surface area contributed by atoms with Crippen LogP contribution in [0.1, 0.15) is 54.6 Å². The number of nitrogens with one attached hydrogen (secondary N) is 2. The molecule has 1 heterocycles. The highest BCUT2D eigenvalue weighted by Crippen LogP contribution is 2.21. The summed E-state index contributed by atoms with van der Waals surface area (Å²) in [6.45, 7) is 1.91. The second kappa shape index (κ2) is 8.30. The van der Waals surface area contributed by atoms with E-state index in [1.807, 2.05) is 13.0 Å². The predicted octanol–water partition coefficient (Wildman–Crippen LogP) is 4.83. The van der Waals surface area contributed by atoms with Gasteiger partial charge in [0.1, 0.15) is 11.5 Å². The lowest BCUT2D eigenvalue weighted by atomic mass is 10.1.